The van der Waals surface area contributed by atoms with Crippen molar-refractivity contribution < 1.29 is 19.4 Å². The van der Waals surface area contributed by atoms with E-state index in [1.165, 1.54) is 0 Å². The highest BCUT2D eigenvalue weighted by Gasteiger charge is 2.03. The highest BCUT2D eigenvalue weighted by atomic mass is 16.6. The fourth-order valence-corrected chi connectivity index (χ4v) is 1.48. The van der Waals surface area contributed by atoms with Crippen LogP contribution in [0.15, 0.2) is 36.4 Å². The Labute approximate surface area is 113 Å². The normalized spacial score (nSPS) is 11.7. The summed E-state index contributed by atoms with van der Waals surface area (Å²) in [7, 11) is 0. The van der Waals surface area contributed by atoms with E-state index in [2.05, 4.69) is 6.58 Å². The summed E-state index contributed by atoms with van der Waals surface area (Å²) < 4.78 is 10.3. The van der Waals surface area contributed by atoms with E-state index in [1.807, 2.05) is 24.3 Å². The Morgan fingerprint density at radius 2 is 1.95 bits per heavy atom. The lowest BCUT2D eigenvalue weighted by Crippen LogP contribution is -2.12. The van der Waals surface area contributed by atoms with Crippen molar-refractivity contribution >= 4 is 5.97 Å². The molecule has 4 heteroatoms. The molecule has 0 radical (unpaired) electrons. The van der Waals surface area contributed by atoms with E-state index < -0.39 is 5.97 Å². The van der Waals surface area contributed by atoms with Gasteiger partial charge in [0.1, 0.15) is 19.0 Å². The zero-order valence-electron chi connectivity index (χ0n) is 11.4. The van der Waals surface area contributed by atoms with Crippen LogP contribution in [0.1, 0.15) is 19.4 Å². The molecule has 0 saturated carbocycles. The number of benzene rings is 1. The molecule has 0 fully saturated rings. The van der Waals surface area contributed by atoms with Gasteiger partial charge >= 0.3 is 5.97 Å². The van der Waals surface area contributed by atoms with Crippen LogP contribution in [0.4, 0.5) is 0 Å². The number of esters is 1. The van der Waals surface area contributed by atoms with Crippen molar-refractivity contribution in [3.05, 3.63) is 42.0 Å². The second-order valence-electron chi connectivity index (χ2n) is 4.46. The molecule has 0 heterocycles. The van der Waals surface area contributed by atoms with E-state index in [0.717, 1.165) is 5.56 Å². The van der Waals surface area contributed by atoms with Crippen LogP contribution < -0.4 is 4.74 Å². The van der Waals surface area contributed by atoms with Crippen molar-refractivity contribution in [2.75, 3.05) is 13.2 Å². The predicted molar refractivity (Wildman–Crippen MR) is 73.1 cm³/mol. The fourth-order valence-electron chi connectivity index (χ4n) is 1.48. The van der Waals surface area contributed by atoms with E-state index in [4.69, 9.17) is 9.47 Å². The SMILES string of the molecule is C=C(C)C(=O)OCCOc1ccc(CC(C)O)cc1. The van der Waals surface area contributed by atoms with Crippen molar-refractivity contribution in [1.82, 2.24) is 0 Å². The molecule has 1 aromatic rings. The molecular formula is C15H20O4. The third-order valence-electron chi connectivity index (χ3n) is 2.39. The third kappa shape index (κ3) is 6.06. The number of hydrogen-bond acceptors (Lipinski definition) is 4. The minimum Gasteiger partial charge on any atom is -0.490 e. The molecule has 104 valence electrons. The van der Waals surface area contributed by atoms with Gasteiger partial charge in [-0.1, -0.05) is 18.7 Å². The first-order chi connectivity index (χ1) is 8.99. The van der Waals surface area contributed by atoms with Gasteiger partial charge in [-0.05, 0) is 38.0 Å². The van der Waals surface area contributed by atoms with E-state index in [9.17, 15) is 9.90 Å². The number of rotatable bonds is 7. The molecule has 4 nitrogen and oxygen atoms in total. The van der Waals surface area contributed by atoms with Crippen molar-refractivity contribution in [2.24, 2.45) is 0 Å². The summed E-state index contributed by atoms with van der Waals surface area (Å²) in [4.78, 5) is 11.1. The largest absolute Gasteiger partial charge is 0.490 e. The number of aliphatic hydroxyl groups is 1. The number of carbonyl (C=O) groups is 1. The topological polar surface area (TPSA) is 55.8 Å². The van der Waals surface area contributed by atoms with Gasteiger partial charge in [-0.15, -0.1) is 0 Å². The molecule has 1 aromatic carbocycles. The Bertz CT molecular complexity index is 420. The maximum absolute atomic E-state index is 11.1. The minimum atomic E-state index is -0.407. The van der Waals surface area contributed by atoms with Gasteiger partial charge in [0.15, 0.2) is 0 Å². The Hall–Kier alpha value is -1.81. The lowest BCUT2D eigenvalue weighted by atomic mass is 10.1. The van der Waals surface area contributed by atoms with E-state index >= 15 is 0 Å². The molecule has 0 spiro atoms. The summed E-state index contributed by atoms with van der Waals surface area (Å²) in [5, 5.41) is 9.26. The van der Waals surface area contributed by atoms with Gasteiger partial charge in [-0.2, -0.15) is 0 Å². The molecule has 0 aliphatic rings. The summed E-state index contributed by atoms with van der Waals surface area (Å²) >= 11 is 0. The molecule has 1 atom stereocenters. The van der Waals surface area contributed by atoms with Crippen LogP contribution in [0, 0.1) is 0 Å². The zero-order valence-corrected chi connectivity index (χ0v) is 11.4. The first kappa shape index (κ1) is 15.2. The maximum Gasteiger partial charge on any atom is 0.333 e. The van der Waals surface area contributed by atoms with Crippen molar-refractivity contribution in [1.29, 1.82) is 0 Å². The summed E-state index contributed by atoms with van der Waals surface area (Å²) in [5.74, 6) is 0.302. The molecule has 19 heavy (non-hydrogen) atoms. The Kier molecular flexibility index (Phi) is 6.09. The van der Waals surface area contributed by atoms with Crippen molar-refractivity contribution in [3.8, 4) is 5.75 Å². The van der Waals surface area contributed by atoms with Crippen LogP contribution in [-0.4, -0.2) is 30.4 Å². The minimum absolute atomic E-state index is 0.196. The molecule has 0 amide bonds. The summed E-state index contributed by atoms with van der Waals surface area (Å²) in [6.45, 7) is 7.34. The molecule has 1 rings (SSSR count). The summed E-state index contributed by atoms with van der Waals surface area (Å²) in [6, 6.07) is 7.47. The highest BCUT2D eigenvalue weighted by molar-refractivity contribution is 5.86. The van der Waals surface area contributed by atoms with E-state index in [1.54, 1.807) is 13.8 Å². The number of aliphatic hydroxyl groups excluding tert-OH is 1. The first-order valence-corrected chi connectivity index (χ1v) is 6.21. The van der Waals surface area contributed by atoms with Gasteiger partial charge in [0, 0.05) is 5.57 Å². The fraction of sp³-hybridized carbons (Fsp3) is 0.400. The van der Waals surface area contributed by atoms with E-state index in [-0.39, 0.29) is 12.7 Å². The van der Waals surface area contributed by atoms with Gasteiger partial charge in [0.25, 0.3) is 0 Å². The summed E-state index contributed by atoms with van der Waals surface area (Å²) in [6.07, 6.45) is 0.268. The molecular weight excluding hydrogens is 244 g/mol. The molecule has 0 aliphatic carbocycles. The van der Waals surface area contributed by atoms with Crippen molar-refractivity contribution in [2.45, 2.75) is 26.4 Å². The predicted octanol–water partition coefficient (Wildman–Crippen LogP) is 2.11. The Morgan fingerprint density at radius 1 is 1.32 bits per heavy atom. The zero-order chi connectivity index (χ0) is 14.3. The monoisotopic (exact) mass is 264 g/mol. The van der Waals surface area contributed by atoms with Crippen LogP contribution in [0.5, 0.6) is 5.75 Å². The van der Waals surface area contributed by atoms with E-state index in [0.29, 0.717) is 24.4 Å². The molecule has 0 aliphatic heterocycles. The average molecular weight is 264 g/mol. The number of hydrogen-bond donors (Lipinski definition) is 1. The van der Waals surface area contributed by atoms with Crippen LogP contribution in [-0.2, 0) is 16.0 Å². The molecule has 0 aromatic heterocycles. The van der Waals surface area contributed by atoms with Crippen molar-refractivity contribution in [3.63, 3.8) is 0 Å². The maximum atomic E-state index is 11.1. The van der Waals surface area contributed by atoms with Gasteiger partial charge in [0.05, 0.1) is 6.10 Å². The Morgan fingerprint density at radius 3 is 2.47 bits per heavy atom. The lowest BCUT2D eigenvalue weighted by molar-refractivity contribution is -0.139. The van der Waals surface area contributed by atoms with Gasteiger partial charge < -0.3 is 14.6 Å². The smallest absolute Gasteiger partial charge is 0.333 e. The summed E-state index contributed by atoms with van der Waals surface area (Å²) in [5.41, 5.74) is 1.43. The van der Waals surface area contributed by atoms with Gasteiger partial charge in [-0.3, -0.25) is 0 Å². The number of carbonyl (C=O) groups excluding carboxylic acids is 1. The molecule has 0 saturated heterocycles. The quantitative estimate of drug-likeness (QED) is 0.465. The highest BCUT2D eigenvalue weighted by Crippen LogP contribution is 2.13. The molecule has 0 bridgehead atoms. The molecule has 1 N–H and O–H groups in total. The van der Waals surface area contributed by atoms with Crippen LogP contribution in [0.2, 0.25) is 0 Å². The standard InChI is InChI=1S/C15H20O4/c1-11(2)15(17)19-9-8-18-14-6-4-13(5-7-14)10-12(3)16/h4-7,12,16H,1,8-10H2,2-3H3. The van der Waals surface area contributed by atoms with Crippen LogP contribution >= 0.6 is 0 Å². The molecule has 1 unspecified atom stereocenters. The number of ether oxygens (including phenoxy) is 2. The Balaban J connectivity index is 2.30. The average Bonchev–Trinajstić information content (AvgIpc) is 2.35. The van der Waals surface area contributed by atoms with Crippen LogP contribution in [0.3, 0.4) is 0 Å². The van der Waals surface area contributed by atoms with Gasteiger partial charge in [-0.25, -0.2) is 4.79 Å². The first-order valence-electron chi connectivity index (χ1n) is 6.21. The van der Waals surface area contributed by atoms with Gasteiger partial charge in [0.2, 0.25) is 0 Å². The second kappa shape index (κ2) is 7.59. The third-order valence-corrected chi connectivity index (χ3v) is 2.39. The lowest BCUT2D eigenvalue weighted by Gasteiger charge is -2.08. The second-order valence-corrected chi connectivity index (χ2v) is 4.46. The van der Waals surface area contributed by atoms with Crippen LogP contribution in [0.25, 0.3) is 0 Å².